The summed E-state index contributed by atoms with van der Waals surface area (Å²) in [6.45, 7) is 7.11. The second kappa shape index (κ2) is 24.8. The third-order valence-corrected chi connectivity index (χ3v) is 11.3. The minimum atomic E-state index is -1.18. The van der Waals surface area contributed by atoms with Gasteiger partial charge in [-0.25, -0.2) is 29.3 Å². The minimum Gasteiger partial charge on any atom is -0.497 e. The number of methoxy groups -OCH3 is 1. The van der Waals surface area contributed by atoms with Crippen LogP contribution in [0.15, 0.2) is 109 Å². The second-order valence-electron chi connectivity index (χ2n) is 16.8. The van der Waals surface area contributed by atoms with E-state index in [2.05, 4.69) is 65.2 Å². The van der Waals surface area contributed by atoms with Gasteiger partial charge in [-0.05, 0) is 117 Å². The molecule has 6 aromatic rings. The van der Waals surface area contributed by atoms with Gasteiger partial charge in [-0.15, -0.1) is 0 Å². The number of aromatic carboxylic acids is 3. The molecule has 0 saturated carbocycles. The number of rotatable bonds is 14. The molecular formula is C56H53N7O8. The van der Waals surface area contributed by atoms with E-state index >= 15 is 0 Å². The molecule has 3 aromatic carbocycles. The molecule has 1 saturated heterocycles. The fourth-order valence-electron chi connectivity index (χ4n) is 7.55. The van der Waals surface area contributed by atoms with Gasteiger partial charge in [0.25, 0.3) is 0 Å². The van der Waals surface area contributed by atoms with Crippen LogP contribution in [0.25, 0.3) is 0 Å². The molecule has 3 aromatic heterocycles. The number of pyridine rings is 3. The number of hydrogen-bond donors (Lipinski definition) is 4. The molecule has 0 bridgehead atoms. The summed E-state index contributed by atoms with van der Waals surface area (Å²) in [7, 11) is 1.58. The van der Waals surface area contributed by atoms with Gasteiger partial charge in [0, 0.05) is 92.3 Å². The van der Waals surface area contributed by atoms with Crippen LogP contribution >= 0.6 is 0 Å². The average molecular weight is 952 g/mol. The molecule has 0 atom stereocenters. The largest absolute Gasteiger partial charge is 0.497 e. The molecule has 7 rings (SSSR count). The Kier molecular flexibility index (Phi) is 17.6. The first-order valence-corrected chi connectivity index (χ1v) is 23.0. The molecule has 5 N–H and O–H groups in total. The van der Waals surface area contributed by atoms with Gasteiger partial charge in [0.05, 0.1) is 30.8 Å². The number of carboxylic acid groups (broad SMARTS) is 3. The zero-order chi connectivity index (χ0) is 50.1. The lowest BCUT2D eigenvalue weighted by Crippen LogP contribution is -2.36. The van der Waals surface area contributed by atoms with Crippen molar-refractivity contribution in [1.29, 1.82) is 0 Å². The number of nitrogens with two attached hydrogens (primary N) is 1. The maximum atomic E-state index is 12.4. The van der Waals surface area contributed by atoms with Crippen molar-refractivity contribution in [3.8, 4) is 47.0 Å². The molecule has 0 unspecified atom stereocenters. The van der Waals surface area contributed by atoms with Gasteiger partial charge in [0.2, 0.25) is 0 Å². The Morgan fingerprint density at radius 2 is 0.831 bits per heavy atom. The Hall–Kier alpha value is -8.36. The highest BCUT2D eigenvalue weighted by Crippen LogP contribution is 2.18. The van der Waals surface area contributed by atoms with E-state index in [1.54, 1.807) is 37.4 Å². The van der Waals surface area contributed by atoms with Gasteiger partial charge in [0.1, 0.15) is 28.6 Å². The van der Waals surface area contributed by atoms with Crippen LogP contribution in [0.4, 0.5) is 0 Å². The van der Waals surface area contributed by atoms with E-state index < -0.39 is 17.9 Å². The minimum absolute atomic E-state index is 0.119. The monoisotopic (exact) mass is 951 g/mol. The van der Waals surface area contributed by atoms with Crippen LogP contribution < -0.4 is 15.2 Å². The lowest BCUT2D eigenvalue weighted by molar-refractivity contribution is 0.0679. The number of carboxylic acids is 3. The highest BCUT2D eigenvalue weighted by atomic mass is 16.5. The molecule has 0 radical (unpaired) electrons. The summed E-state index contributed by atoms with van der Waals surface area (Å²) in [4.78, 5) is 57.1. The van der Waals surface area contributed by atoms with Crippen molar-refractivity contribution < 1.29 is 39.2 Å². The van der Waals surface area contributed by atoms with Crippen LogP contribution in [0, 0.1) is 42.4 Å². The number of aryl methyl sites for hydroxylation is 1. The Bertz CT molecular complexity index is 3050. The predicted octanol–water partition coefficient (Wildman–Crippen LogP) is 6.03. The van der Waals surface area contributed by atoms with Gasteiger partial charge in [-0.3, -0.25) is 14.7 Å². The van der Waals surface area contributed by atoms with Gasteiger partial charge < -0.3 is 30.5 Å². The molecule has 0 amide bonds. The van der Waals surface area contributed by atoms with E-state index in [4.69, 9.17) is 15.2 Å². The second-order valence-corrected chi connectivity index (χ2v) is 16.8. The summed E-state index contributed by atoms with van der Waals surface area (Å²) < 4.78 is 11.0. The van der Waals surface area contributed by atoms with Gasteiger partial charge in [0.15, 0.2) is 0 Å². The summed E-state index contributed by atoms with van der Waals surface area (Å²) in [5.74, 6) is 16.6. The first-order chi connectivity index (χ1) is 34.4. The quantitative estimate of drug-likeness (QED) is 0.0727. The zero-order valence-corrected chi connectivity index (χ0v) is 39.5. The molecule has 15 heteroatoms. The zero-order valence-electron chi connectivity index (χ0n) is 39.5. The van der Waals surface area contributed by atoms with Gasteiger partial charge in [-0.1, -0.05) is 53.2 Å². The van der Waals surface area contributed by atoms with Crippen molar-refractivity contribution >= 4 is 17.9 Å². The summed E-state index contributed by atoms with van der Waals surface area (Å²) in [6.07, 6.45) is 0.739. The third-order valence-electron chi connectivity index (χ3n) is 11.3. The van der Waals surface area contributed by atoms with Crippen molar-refractivity contribution in [3.63, 3.8) is 0 Å². The molecule has 4 heterocycles. The maximum Gasteiger partial charge on any atom is 0.354 e. The van der Waals surface area contributed by atoms with E-state index in [1.165, 1.54) is 18.2 Å². The van der Waals surface area contributed by atoms with Crippen LogP contribution in [-0.4, -0.2) is 122 Å². The smallest absolute Gasteiger partial charge is 0.354 e. The fourth-order valence-corrected chi connectivity index (χ4v) is 7.55. The van der Waals surface area contributed by atoms with Crippen molar-refractivity contribution in [3.05, 3.63) is 182 Å². The third kappa shape index (κ3) is 15.6. The van der Waals surface area contributed by atoms with Crippen molar-refractivity contribution in [2.75, 3.05) is 59.5 Å². The topological polar surface area (TPSA) is 205 Å². The number of ether oxygens (including phenoxy) is 2. The number of nitrogens with zero attached hydrogens (tertiary/aromatic N) is 6. The fraction of sp³-hybridized carbons (Fsp3) is 0.250. The van der Waals surface area contributed by atoms with E-state index in [1.807, 2.05) is 67.6 Å². The van der Waals surface area contributed by atoms with Crippen LogP contribution in [0.5, 0.6) is 11.5 Å². The molecule has 1 aliphatic heterocycles. The molecule has 15 nitrogen and oxygen atoms in total. The van der Waals surface area contributed by atoms with Crippen LogP contribution in [0.3, 0.4) is 0 Å². The Balaban J connectivity index is 1.17. The lowest BCUT2D eigenvalue weighted by atomic mass is 10.1. The summed E-state index contributed by atoms with van der Waals surface area (Å²) in [5, 5.41) is 30.2. The number of hydrogen-bond acceptors (Lipinski definition) is 12. The molecule has 1 fully saturated rings. The predicted molar refractivity (Wildman–Crippen MR) is 267 cm³/mol. The van der Waals surface area contributed by atoms with E-state index in [0.717, 1.165) is 28.7 Å². The Morgan fingerprint density at radius 1 is 0.507 bits per heavy atom. The number of benzene rings is 3. The molecule has 0 spiro atoms. The summed E-state index contributed by atoms with van der Waals surface area (Å²) >= 11 is 0. The lowest BCUT2D eigenvalue weighted by Gasteiger charge is -2.25. The highest BCUT2D eigenvalue weighted by Gasteiger charge is 2.21. The molecule has 71 heavy (non-hydrogen) atoms. The normalized spacial score (nSPS) is 13.1. The van der Waals surface area contributed by atoms with Crippen LogP contribution in [0.1, 0.15) is 93.9 Å². The van der Waals surface area contributed by atoms with Crippen molar-refractivity contribution in [2.45, 2.75) is 33.0 Å². The van der Waals surface area contributed by atoms with Gasteiger partial charge >= 0.3 is 17.9 Å². The Labute approximate surface area is 412 Å². The Morgan fingerprint density at radius 3 is 1.15 bits per heavy atom. The van der Waals surface area contributed by atoms with Gasteiger partial charge in [-0.2, -0.15) is 0 Å². The first kappa shape index (κ1) is 50.5. The first-order valence-electron chi connectivity index (χ1n) is 23.0. The van der Waals surface area contributed by atoms with Crippen LogP contribution in [-0.2, 0) is 19.6 Å². The van der Waals surface area contributed by atoms with E-state index in [-0.39, 0.29) is 23.6 Å². The average Bonchev–Trinajstić information content (AvgIpc) is 3.45. The van der Waals surface area contributed by atoms with E-state index in [0.29, 0.717) is 111 Å². The molecule has 360 valence electrons. The molecule has 0 aliphatic carbocycles. The van der Waals surface area contributed by atoms with Crippen LogP contribution in [0.2, 0.25) is 0 Å². The summed E-state index contributed by atoms with van der Waals surface area (Å²) in [5.41, 5.74) is 11.6. The summed E-state index contributed by atoms with van der Waals surface area (Å²) in [6, 6.07) is 32.1. The highest BCUT2D eigenvalue weighted by molar-refractivity contribution is 5.87. The number of carbonyl (C=O) groups is 3. The van der Waals surface area contributed by atoms with Crippen molar-refractivity contribution in [2.24, 2.45) is 5.73 Å². The number of aromatic nitrogens is 3. The standard InChI is InChI=1S/C56H53N7O8/c1-39-4-6-40(7-5-39)8-11-43-30-46(58-51(33-43)54(64)65)36-61-23-25-62(37-47-31-44(34-52(59-47)55(66)67)12-9-41-14-18-49(70-2)19-15-41)27-28-63(26-24-61)38-48-32-45(35-53(60-48)56(68)69)13-10-42-16-20-50(21-17-42)71-29-3-22-57/h4-7,14-21,30-35H,3,22-29,36-38,57H2,1-2H3,(H,64,65)(H,66,67)(H,68,69). The molecule has 1 aliphatic rings. The van der Waals surface area contributed by atoms with E-state index in [9.17, 15) is 29.7 Å². The maximum absolute atomic E-state index is 12.4. The molecular weight excluding hydrogens is 899 g/mol. The SMILES string of the molecule is COc1ccc(C#Cc2cc(CN3CCN(Cc4cc(C#Cc5ccc(C)cc5)cc(C(=O)O)n4)CCN(Cc4cc(C#Cc5ccc(OCCCN)cc5)cc(C(=O)O)n4)CC3)nc(C(=O)O)c2)cc1. The van der Waals surface area contributed by atoms with Crippen molar-refractivity contribution in [1.82, 2.24) is 29.7 Å².